The molecule has 1 aromatic carbocycles. The minimum absolute atomic E-state index is 0.0906. The van der Waals surface area contributed by atoms with Crippen LogP contribution in [0.25, 0.3) is 0 Å². The van der Waals surface area contributed by atoms with Crippen molar-refractivity contribution in [1.82, 2.24) is 0 Å². The van der Waals surface area contributed by atoms with E-state index in [0.717, 1.165) is 12.8 Å². The molecule has 1 fully saturated rings. The van der Waals surface area contributed by atoms with Crippen LogP contribution in [-0.2, 0) is 0 Å². The Morgan fingerprint density at radius 3 is 2.73 bits per heavy atom. The summed E-state index contributed by atoms with van der Waals surface area (Å²) in [5.74, 6) is -0.364. The van der Waals surface area contributed by atoms with Crippen molar-refractivity contribution < 1.29 is 4.39 Å². The van der Waals surface area contributed by atoms with Crippen LogP contribution >= 0.6 is 12.2 Å². The smallest absolute Gasteiger partial charge is 0.135 e. The van der Waals surface area contributed by atoms with Gasteiger partial charge < -0.3 is 11.1 Å². The van der Waals surface area contributed by atoms with Crippen LogP contribution in [-0.4, -0.2) is 10.5 Å². The van der Waals surface area contributed by atoms with Crippen molar-refractivity contribution in [1.29, 1.82) is 0 Å². The number of halogens is 1. The monoisotopic (exact) mass is 224 g/mol. The van der Waals surface area contributed by atoms with E-state index in [1.807, 2.05) is 0 Å². The maximum absolute atomic E-state index is 13.5. The molecule has 4 heteroatoms. The lowest BCUT2D eigenvalue weighted by Crippen LogP contribution is -2.21. The van der Waals surface area contributed by atoms with Gasteiger partial charge in [0, 0.05) is 11.2 Å². The number of rotatable bonds is 3. The van der Waals surface area contributed by atoms with Gasteiger partial charge in [-0.2, -0.15) is 0 Å². The van der Waals surface area contributed by atoms with Crippen LogP contribution in [0.15, 0.2) is 18.2 Å². The number of thiocarbonyl (C=S) groups is 1. The molecule has 0 heterocycles. The minimum Gasteiger partial charge on any atom is -0.389 e. The third kappa shape index (κ3) is 2.09. The van der Waals surface area contributed by atoms with E-state index in [0.29, 0.717) is 11.3 Å². The molecule has 0 saturated heterocycles. The lowest BCUT2D eigenvalue weighted by Gasteiger charge is -2.16. The Morgan fingerprint density at radius 1 is 1.53 bits per heavy atom. The van der Waals surface area contributed by atoms with Crippen molar-refractivity contribution in [3.63, 3.8) is 0 Å². The van der Waals surface area contributed by atoms with Gasteiger partial charge in [-0.25, -0.2) is 4.39 Å². The Bertz CT molecular complexity index is 413. The second kappa shape index (κ2) is 3.45. The molecule has 0 spiro atoms. The molecule has 2 nitrogen and oxygen atoms in total. The molecule has 0 unspecified atom stereocenters. The average Bonchev–Trinajstić information content (AvgIpc) is 2.82. The molecular formula is C11H13FN2S. The van der Waals surface area contributed by atoms with Gasteiger partial charge in [0.25, 0.3) is 0 Å². The van der Waals surface area contributed by atoms with Gasteiger partial charge in [-0.05, 0) is 31.9 Å². The van der Waals surface area contributed by atoms with Gasteiger partial charge in [-0.15, -0.1) is 0 Å². The Balaban J connectivity index is 2.37. The van der Waals surface area contributed by atoms with Crippen LogP contribution < -0.4 is 11.1 Å². The Labute approximate surface area is 93.7 Å². The van der Waals surface area contributed by atoms with Gasteiger partial charge in [0.2, 0.25) is 0 Å². The van der Waals surface area contributed by atoms with Crippen molar-refractivity contribution in [2.24, 2.45) is 5.73 Å². The van der Waals surface area contributed by atoms with E-state index < -0.39 is 0 Å². The summed E-state index contributed by atoms with van der Waals surface area (Å²) >= 11 is 4.84. The summed E-state index contributed by atoms with van der Waals surface area (Å²) < 4.78 is 13.5. The van der Waals surface area contributed by atoms with Gasteiger partial charge in [-0.1, -0.05) is 18.3 Å². The van der Waals surface area contributed by atoms with Gasteiger partial charge in [0.05, 0.1) is 5.56 Å². The molecule has 0 aliphatic heterocycles. The number of benzene rings is 1. The Hall–Kier alpha value is -1.16. The van der Waals surface area contributed by atoms with Crippen LogP contribution in [0.3, 0.4) is 0 Å². The topological polar surface area (TPSA) is 38.0 Å². The lowest BCUT2D eigenvalue weighted by atomic mass is 10.1. The van der Waals surface area contributed by atoms with Gasteiger partial charge in [-0.3, -0.25) is 0 Å². The molecule has 1 saturated carbocycles. The van der Waals surface area contributed by atoms with Crippen LogP contribution in [0.1, 0.15) is 25.3 Å². The van der Waals surface area contributed by atoms with E-state index >= 15 is 0 Å². The van der Waals surface area contributed by atoms with E-state index in [2.05, 4.69) is 12.2 Å². The minimum atomic E-state index is -0.364. The highest BCUT2D eigenvalue weighted by Gasteiger charge is 2.37. The van der Waals surface area contributed by atoms with Gasteiger partial charge >= 0.3 is 0 Å². The molecule has 2 rings (SSSR count). The second-order valence-corrected chi connectivity index (χ2v) is 4.65. The standard InChI is InChI=1S/C11H13FN2S/c1-11(5-6-11)14-8-4-2-3-7(12)9(8)10(13)15/h2-4,14H,5-6H2,1H3,(H2,13,15). The molecule has 0 bridgehead atoms. The number of nitrogens with two attached hydrogens (primary N) is 1. The average molecular weight is 224 g/mol. The summed E-state index contributed by atoms with van der Waals surface area (Å²) in [6, 6.07) is 4.83. The van der Waals surface area contributed by atoms with Crippen LogP contribution in [0.2, 0.25) is 0 Å². The van der Waals surface area contributed by atoms with Crippen LogP contribution in [0.5, 0.6) is 0 Å². The van der Waals surface area contributed by atoms with Crippen LogP contribution in [0, 0.1) is 5.82 Å². The number of hydrogen-bond acceptors (Lipinski definition) is 2. The normalized spacial score (nSPS) is 17.2. The first-order valence-electron chi connectivity index (χ1n) is 4.88. The second-order valence-electron chi connectivity index (χ2n) is 4.21. The third-order valence-corrected chi connectivity index (χ3v) is 2.90. The highest BCUT2D eigenvalue weighted by molar-refractivity contribution is 7.80. The van der Waals surface area contributed by atoms with E-state index in [1.165, 1.54) is 6.07 Å². The van der Waals surface area contributed by atoms with Crippen molar-refractivity contribution in [2.75, 3.05) is 5.32 Å². The van der Waals surface area contributed by atoms with Gasteiger partial charge in [0.15, 0.2) is 0 Å². The Kier molecular flexibility index (Phi) is 2.38. The molecule has 1 aromatic rings. The quantitative estimate of drug-likeness (QED) is 0.774. The van der Waals surface area contributed by atoms with Crippen molar-refractivity contribution in [2.45, 2.75) is 25.3 Å². The van der Waals surface area contributed by atoms with Gasteiger partial charge in [0.1, 0.15) is 10.8 Å². The predicted molar refractivity (Wildman–Crippen MR) is 63.5 cm³/mol. The molecule has 0 radical (unpaired) electrons. The molecule has 3 N–H and O–H groups in total. The summed E-state index contributed by atoms with van der Waals surface area (Å²) in [6.07, 6.45) is 2.20. The molecule has 80 valence electrons. The van der Waals surface area contributed by atoms with E-state index in [9.17, 15) is 4.39 Å². The fourth-order valence-corrected chi connectivity index (χ4v) is 1.72. The highest BCUT2D eigenvalue weighted by Crippen LogP contribution is 2.39. The maximum atomic E-state index is 13.5. The molecule has 1 aliphatic carbocycles. The molecule has 0 aromatic heterocycles. The molecule has 1 aliphatic rings. The summed E-state index contributed by atoms with van der Waals surface area (Å²) in [7, 11) is 0. The predicted octanol–water partition coefficient (Wildman–Crippen LogP) is 2.42. The zero-order valence-corrected chi connectivity index (χ0v) is 9.33. The fraction of sp³-hybridized carbons (Fsp3) is 0.364. The highest BCUT2D eigenvalue weighted by atomic mass is 32.1. The zero-order valence-electron chi connectivity index (χ0n) is 8.51. The summed E-state index contributed by atoms with van der Waals surface area (Å²) in [5.41, 5.74) is 6.61. The van der Waals surface area contributed by atoms with Crippen molar-refractivity contribution in [3.05, 3.63) is 29.6 Å². The SMILES string of the molecule is CC1(Nc2cccc(F)c2C(N)=S)CC1. The maximum Gasteiger partial charge on any atom is 0.135 e. The van der Waals surface area contributed by atoms with Crippen LogP contribution in [0.4, 0.5) is 10.1 Å². The van der Waals surface area contributed by atoms with Crippen molar-refractivity contribution in [3.8, 4) is 0 Å². The largest absolute Gasteiger partial charge is 0.389 e. The van der Waals surface area contributed by atoms with E-state index in [4.69, 9.17) is 18.0 Å². The molecule has 0 amide bonds. The summed E-state index contributed by atoms with van der Waals surface area (Å²) in [5, 5.41) is 3.28. The number of anilines is 1. The van der Waals surface area contributed by atoms with E-state index in [-0.39, 0.29) is 16.3 Å². The van der Waals surface area contributed by atoms with E-state index in [1.54, 1.807) is 12.1 Å². The Morgan fingerprint density at radius 2 is 2.20 bits per heavy atom. The molecule has 15 heavy (non-hydrogen) atoms. The van der Waals surface area contributed by atoms with Crippen molar-refractivity contribution >= 4 is 22.9 Å². The molecular weight excluding hydrogens is 211 g/mol. The first kappa shape index (κ1) is 10.4. The summed E-state index contributed by atoms with van der Waals surface area (Å²) in [6.45, 7) is 2.10. The first-order chi connectivity index (χ1) is 7.02. The fourth-order valence-electron chi connectivity index (χ4n) is 1.52. The first-order valence-corrected chi connectivity index (χ1v) is 5.29. The molecule has 0 atom stereocenters. The summed E-state index contributed by atoms with van der Waals surface area (Å²) in [4.78, 5) is 0.0971. The zero-order chi connectivity index (χ0) is 11.1. The number of hydrogen-bond donors (Lipinski definition) is 2. The third-order valence-electron chi connectivity index (χ3n) is 2.70. The lowest BCUT2D eigenvalue weighted by molar-refractivity contribution is 0.625. The number of nitrogens with one attached hydrogen (secondary N) is 1.